The van der Waals surface area contributed by atoms with Gasteiger partial charge in [-0.2, -0.15) is 0 Å². The maximum atomic E-state index is 12.4. The van der Waals surface area contributed by atoms with E-state index in [0.717, 1.165) is 57.8 Å². The van der Waals surface area contributed by atoms with Crippen LogP contribution in [0.15, 0.2) is 24.3 Å². The third kappa shape index (κ3) is 45.7. The average Bonchev–Trinajstić information content (AvgIpc) is 3.24. The van der Waals surface area contributed by atoms with Crippen LogP contribution in [-0.4, -0.2) is 47.4 Å². The summed E-state index contributed by atoms with van der Waals surface area (Å²) in [6.07, 6.45) is 57.4. The van der Waals surface area contributed by atoms with Crippen LogP contribution in [0.2, 0.25) is 0 Å². The fraction of sp³-hybridized carbons (Fsp3) is 0.887. The summed E-state index contributed by atoms with van der Waals surface area (Å²) in [5.41, 5.74) is 0. The van der Waals surface area contributed by atoms with E-state index in [1.807, 2.05) is 6.08 Å². The highest BCUT2D eigenvalue weighted by Gasteiger charge is 2.18. The lowest BCUT2D eigenvalue weighted by molar-refractivity contribution is -0.143. The molecule has 0 aromatic carbocycles. The number of nitrogens with one attached hydrogen (secondary N) is 1. The predicted octanol–water partition coefficient (Wildman–Crippen LogP) is 15.5. The van der Waals surface area contributed by atoms with Crippen molar-refractivity contribution in [2.75, 3.05) is 13.2 Å². The predicted molar refractivity (Wildman–Crippen MR) is 255 cm³/mol. The first-order chi connectivity index (χ1) is 29.0. The van der Waals surface area contributed by atoms with Crippen molar-refractivity contribution in [3.63, 3.8) is 0 Å². The molecule has 0 saturated heterocycles. The topological polar surface area (TPSA) is 95.9 Å². The van der Waals surface area contributed by atoms with Gasteiger partial charge in [0.15, 0.2) is 0 Å². The zero-order chi connectivity index (χ0) is 43.0. The van der Waals surface area contributed by atoms with Crippen LogP contribution in [0, 0.1) is 0 Å². The molecule has 3 N–H and O–H groups in total. The lowest BCUT2D eigenvalue weighted by Crippen LogP contribution is -2.45. The molecule has 0 fully saturated rings. The van der Waals surface area contributed by atoms with Gasteiger partial charge in [-0.1, -0.05) is 231 Å². The Labute approximate surface area is 367 Å². The van der Waals surface area contributed by atoms with Crippen LogP contribution < -0.4 is 5.32 Å². The van der Waals surface area contributed by atoms with Crippen molar-refractivity contribution < 1.29 is 24.5 Å². The standard InChI is InChI=1S/C53H101NO5/c1-3-5-7-9-11-13-15-17-18-19-20-22-27-31-35-39-43-47-53(58)59-48-44-40-36-32-28-24-23-26-30-34-38-42-46-52(57)54-50(49-55)51(56)45-41-37-33-29-25-21-16-14-12-10-8-6-4-2/h17-18,41,45,50-51,55-56H,3-16,19-40,42-44,46-49H2,1-2H3,(H,54,57)/b18-17-,45-41+. The molecule has 6 heteroatoms. The van der Waals surface area contributed by atoms with E-state index in [2.05, 4.69) is 31.3 Å². The molecule has 0 aliphatic carbocycles. The van der Waals surface area contributed by atoms with Gasteiger partial charge in [0.1, 0.15) is 0 Å². The van der Waals surface area contributed by atoms with Crippen LogP contribution in [0.5, 0.6) is 0 Å². The molecule has 2 unspecified atom stereocenters. The van der Waals surface area contributed by atoms with E-state index in [9.17, 15) is 19.8 Å². The first-order valence-corrected chi connectivity index (χ1v) is 26.1. The van der Waals surface area contributed by atoms with E-state index in [-0.39, 0.29) is 18.5 Å². The molecule has 0 aliphatic heterocycles. The Hall–Kier alpha value is -1.66. The van der Waals surface area contributed by atoms with Crippen LogP contribution >= 0.6 is 0 Å². The second kappa shape index (κ2) is 49.0. The number of ether oxygens (including phenoxy) is 1. The van der Waals surface area contributed by atoms with Gasteiger partial charge >= 0.3 is 5.97 Å². The smallest absolute Gasteiger partial charge is 0.305 e. The van der Waals surface area contributed by atoms with E-state index < -0.39 is 12.1 Å². The van der Waals surface area contributed by atoms with Gasteiger partial charge in [0.25, 0.3) is 0 Å². The van der Waals surface area contributed by atoms with Crippen molar-refractivity contribution in [2.45, 2.75) is 289 Å². The van der Waals surface area contributed by atoms with E-state index in [1.54, 1.807) is 6.08 Å². The van der Waals surface area contributed by atoms with Gasteiger partial charge in [-0.3, -0.25) is 9.59 Å². The van der Waals surface area contributed by atoms with Crippen LogP contribution in [0.4, 0.5) is 0 Å². The monoisotopic (exact) mass is 832 g/mol. The van der Waals surface area contributed by atoms with Gasteiger partial charge in [-0.25, -0.2) is 0 Å². The summed E-state index contributed by atoms with van der Waals surface area (Å²) in [6, 6.07) is -0.638. The Morgan fingerprint density at radius 3 is 1.20 bits per heavy atom. The molecule has 2 atom stereocenters. The molecule has 1 amide bonds. The highest BCUT2D eigenvalue weighted by Crippen LogP contribution is 2.15. The number of amides is 1. The van der Waals surface area contributed by atoms with Gasteiger partial charge < -0.3 is 20.3 Å². The van der Waals surface area contributed by atoms with Crippen molar-refractivity contribution in [1.29, 1.82) is 0 Å². The molecule has 0 rings (SSSR count). The molecule has 59 heavy (non-hydrogen) atoms. The molecule has 0 aromatic heterocycles. The zero-order valence-corrected chi connectivity index (χ0v) is 39.5. The lowest BCUT2D eigenvalue weighted by Gasteiger charge is -2.20. The first-order valence-electron chi connectivity index (χ1n) is 26.1. The Bertz CT molecular complexity index is 920. The number of allylic oxidation sites excluding steroid dienone is 3. The minimum Gasteiger partial charge on any atom is -0.466 e. The minimum atomic E-state index is -0.853. The summed E-state index contributed by atoms with van der Waals surface area (Å²) in [6.45, 7) is 4.86. The summed E-state index contributed by atoms with van der Waals surface area (Å²) < 4.78 is 5.47. The highest BCUT2D eigenvalue weighted by atomic mass is 16.5. The SMILES string of the molecule is CCCCCCCC/C=C\CCCCCCCCCC(=O)OCCCCCCCCCCCCCCC(=O)NC(CO)C(O)/C=C/CCCCCCCCCCCCC. The molecule has 348 valence electrons. The van der Waals surface area contributed by atoms with E-state index in [0.29, 0.717) is 19.4 Å². The Balaban J connectivity index is 3.47. The maximum absolute atomic E-state index is 12.4. The molecule has 0 aliphatic rings. The zero-order valence-electron chi connectivity index (χ0n) is 39.5. The molecule has 6 nitrogen and oxygen atoms in total. The number of hydrogen-bond acceptors (Lipinski definition) is 5. The number of rotatable bonds is 48. The normalized spacial score (nSPS) is 12.8. The minimum absolute atomic E-state index is 0.0144. The molecule has 0 heterocycles. The second-order valence-corrected chi connectivity index (χ2v) is 17.9. The Morgan fingerprint density at radius 2 is 0.797 bits per heavy atom. The summed E-state index contributed by atoms with van der Waals surface area (Å²) in [5.74, 6) is -0.0984. The van der Waals surface area contributed by atoms with Gasteiger partial charge in [-0.05, 0) is 57.8 Å². The van der Waals surface area contributed by atoms with Crippen molar-refractivity contribution in [2.24, 2.45) is 0 Å². The van der Waals surface area contributed by atoms with Crippen LogP contribution in [0.1, 0.15) is 277 Å². The molecule has 0 saturated carbocycles. The first kappa shape index (κ1) is 57.3. The average molecular weight is 832 g/mol. The molecular weight excluding hydrogens is 731 g/mol. The molecule has 0 bridgehead atoms. The third-order valence-corrected chi connectivity index (χ3v) is 12.0. The number of unbranched alkanes of at least 4 members (excludes halogenated alkanes) is 35. The lowest BCUT2D eigenvalue weighted by atomic mass is 10.0. The number of hydrogen-bond donors (Lipinski definition) is 3. The van der Waals surface area contributed by atoms with Gasteiger partial charge in [0.05, 0.1) is 25.4 Å². The quantitative estimate of drug-likeness (QED) is 0.0322. The number of aliphatic hydroxyl groups is 2. The molecule has 0 aromatic rings. The third-order valence-electron chi connectivity index (χ3n) is 12.0. The number of carbonyl (C=O) groups is 2. The van der Waals surface area contributed by atoms with Crippen molar-refractivity contribution in [1.82, 2.24) is 5.32 Å². The molecule has 0 spiro atoms. The van der Waals surface area contributed by atoms with E-state index in [4.69, 9.17) is 4.74 Å². The number of aliphatic hydroxyl groups excluding tert-OH is 2. The van der Waals surface area contributed by atoms with E-state index >= 15 is 0 Å². The Morgan fingerprint density at radius 1 is 0.458 bits per heavy atom. The van der Waals surface area contributed by atoms with Crippen molar-refractivity contribution >= 4 is 11.9 Å². The Kier molecular flexibility index (Phi) is 47.6. The molecular formula is C53H101NO5. The van der Waals surface area contributed by atoms with Crippen LogP contribution in [0.25, 0.3) is 0 Å². The summed E-state index contributed by atoms with van der Waals surface area (Å²) in [5, 5.41) is 23.0. The van der Waals surface area contributed by atoms with Crippen LogP contribution in [-0.2, 0) is 14.3 Å². The largest absolute Gasteiger partial charge is 0.466 e. The van der Waals surface area contributed by atoms with Gasteiger partial charge in [0.2, 0.25) is 5.91 Å². The van der Waals surface area contributed by atoms with Crippen LogP contribution in [0.3, 0.4) is 0 Å². The molecule has 0 radical (unpaired) electrons. The highest BCUT2D eigenvalue weighted by molar-refractivity contribution is 5.76. The van der Waals surface area contributed by atoms with Crippen molar-refractivity contribution in [3.8, 4) is 0 Å². The number of carbonyl (C=O) groups excluding carboxylic acids is 2. The second-order valence-electron chi connectivity index (χ2n) is 17.9. The van der Waals surface area contributed by atoms with E-state index in [1.165, 1.54) is 193 Å². The van der Waals surface area contributed by atoms with Gasteiger partial charge in [-0.15, -0.1) is 0 Å². The maximum Gasteiger partial charge on any atom is 0.305 e. The number of esters is 1. The fourth-order valence-corrected chi connectivity index (χ4v) is 7.92. The van der Waals surface area contributed by atoms with Gasteiger partial charge in [0, 0.05) is 12.8 Å². The fourth-order valence-electron chi connectivity index (χ4n) is 7.92. The summed E-state index contributed by atoms with van der Waals surface area (Å²) in [4.78, 5) is 24.5. The van der Waals surface area contributed by atoms with Crippen molar-refractivity contribution in [3.05, 3.63) is 24.3 Å². The summed E-state index contributed by atoms with van der Waals surface area (Å²) in [7, 11) is 0. The summed E-state index contributed by atoms with van der Waals surface area (Å²) >= 11 is 0.